The SMILES string of the molecule is CN(C(=O)OC(C)(C)C)c1cccc(-n2c(N)nc3cc(F)ccc32)c1.CN(C(=O)OC(C)(C)C)c1cccc(-n2c(NC(=O)c3cccc(C(F)(F)F)c3)nc3cc(F)ccc32)c1.O=C(O)c1cccc(C(F)(F)F)c1. The molecule has 0 aliphatic rings. The van der Waals surface area contributed by atoms with Crippen molar-refractivity contribution in [2.45, 2.75) is 65.1 Å². The van der Waals surface area contributed by atoms with Crippen LogP contribution in [0.3, 0.4) is 0 Å². The van der Waals surface area contributed by atoms with Gasteiger partial charge in [0.1, 0.15) is 22.8 Å². The predicted molar refractivity (Wildman–Crippen MR) is 274 cm³/mol. The number of ether oxygens (including phenoxy) is 2. The third kappa shape index (κ3) is 14.6. The van der Waals surface area contributed by atoms with Crippen LogP contribution in [-0.2, 0) is 21.8 Å². The lowest BCUT2D eigenvalue weighted by Gasteiger charge is -2.25. The number of fused-ring (bicyclic) bond motifs is 2. The second-order valence-corrected chi connectivity index (χ2v) is 18.9. The summed E-state index contributed by atoms with van der Waals surface area (Å²) in [4.78, 5) is 59.4. The van der Waals surface area contributed by atoms with Crippen molar-refractivity contribution in [2.24, 2.45) is 0 Å². The number of carbonyl (C=O) groups is 4. The molecule has 15 nitrogen and oxygen atoms in total. The Morgan fingerprint density at radius 1 is 0.558 bits per heavy atom. The van der Waals surface area contributed by atoms with Crippen molar-refractivity contribution in [3.8, 4) is 11.4 Å². The quantitative estimate of drug-likeness (QED) is 0.130. The number of hydrogen-bond donors (Lipinski definition) is 3. The highest BCUT2D eigenvalue weighted by Gasteiger charge is 2.32. The molecular formula is C54H50F8N8O7. The van der Waals surface area contributed by atoms with E-state index in [-0.39, 0.29) is 34.4 Å². The number of alkyl halides is 6. The molecule has 0 saturated heterocycles. The normalized spacial score (nSPS) is 11.7. The topological polar surface area (TPSA) is 187 Å². The number of hydrogen-bond acceptors (Lipinski definition) is 9. The highest BCUT2D eigenvalue weighted by molar-refractivity contribution is 6.04. The molecule has 0 aliphatic heterocycles. The third-order valence-corrected chi connectivity index (χ3v) is 10.7. The number of amides is 3. The van der Waals surface area contributed by atoms with Gasteiger partial charge in [-0.15, -0.1) is 0 Å². The molecule has 0 saturated carbocycles. The molecule has 23 heteroatoms. The number of nitrogen functional groups attached to an aromatic ring is 1. The second-order valence-electron chi connectivity index (χ2n) is 18.9. The molecule has 8 aromatic rings. The summed E-state index contributed by atoms with van der Waals surface area (Å²) in [6, 6.07) is 29.6. The molecule has 0 radical (unpaired) electrons. The monoisotopic (exact) mass is 1070 g/mol. The van der Waals surface area contributed by atoms with Gasteiger partial charge in [-0.25, -0.2) is 33.1 Å². The van der Waals surface area contributed by atoms with E-state index < -0.39 is 64.6 Å². The number of carboxylic acid groups (broad SMARTS) is 1. The lowest BCUT2D eigenvalue weighted by Crippen LogP contribution is -2.34. The van der Waals surface area contributed by atoms with E-state index in [4.69, 9.17) is 20.3 Å². The van der Waals surface area contributed by atoms with E-state index in [0.29, 0.717) is 45.4 Å². The maximum absolute atomic E-state index is 14.0. The maximum Gasteiger partial charge on any atom is 0.416 e. The van der Waals surface area contributed by atoms with Gasteiger partial charge in [-0.05, 0) is 139 Å². The molecule has 3 amide bonds. The number of carboxylic acids is 1. The van der Waals surface area contributed by atoms with Crippen molar-refractivity contribution in [2.75, 3.05) is 34.9 Å². The summed E-state index contributed by atoms with van der Waals surface area (Å²) in [5, 5.41) is 10.9. The Morgan fingerprint density at radius 2 is 0.974 bits per heavy atom. The van der Waals surface area contributed by atoms with Crippen LogP contribution in [0.25, 0.3) is 33.4 Å². The molecule has 0 atom stereocenters. The average molecular weight is 1080 g/mol. The number of imidazole rings is 2. The van der Waals surface area contributed by atoms with Crippen molar-refractivity contribution in [1.29, 1.82) is 0 Å². The van der Waals surface area contributed by atoms with Crippen LogP contribution in [0.15, 0.2) is 133 Å². The molecule has 2 aromatic heterocycles. The Hall–Kier alpha value is -9.02. The first kappa shape index (κ1) is 57.3. The van der Waals surface area contributed by atoms with Gasteiger partial charge in [0.2, 0.25) is 11.9 Å². The van der Waals surface area contributed by atoms with Crippen molar-refractivity contribution >= 4 is 69.4 Å². The van der Waals surface area contributed by atoms with Gasteiger partial charge in [0.15, 0.2) is 0 Å². The van der Waals surface area contributed by atoms with Crippen molar-refractivity contribution in [3.05, 3.63) is 167 Å². The van der Waals surface area contributed by atoms with Gasteiger partial charge in [-0.2, -0.15) is 26.3 Å². The molecule has 8 rings (SSSR count). The molecule has 0 bridgehead atoms. The molecule has 2 heterocycles. The summed E-state index contributed by atoms with van der Waals surface area (Å²) in [6.45, 7) is 10.7. The van der Waals surface area contributed by atoms with E-state index in [9.17, 15) is 54.3 Å². The average Bonchev–Trinajstić information content (AvgIpc) is 3.87. The molecule has 77 heavy (non-hydrogen) atoms. The van der Waals surface area contributed by atoms with E-state index in [0.717, 1.165) is 36.4 Å². The Bertz CT molecular complexity index is 3490. The number of halogens is 8. The fraction of sp³-hybridized carbons (Fsp3) is 0.222. The molecule has 0 spiro atoms. The molecule has 4 N–H and O–H groups in total. The highest BCUT2D eigenvalue weighted by Crippen LogP contribution is 2.33. The Morgan fingerprint density at radius 3 is 1.43 bits per heavy atom. The number of benzene rings is 6. The van der Waals surface area contributed by atoms with Crippen molar-refractivity contribution in [1.82, 2.24) is 19.1 Å². The van der Waals surface area contributed by atoms with Gasteiger partial charge >= 0.3 is 30.5 Å². The molecule has 0 aliphatic carbocycles. The minimum atomic E-state index is -4.62. The minimum Gasteiger partial charge on any atom is -0.478 e. The van der Waals surface area contributed by atoms with E-state index in [1.165, 1.54) is 57.8 Å². The zero-order valence-electron chi connectivity index (χ0n) is 42.4. The van der Waals surface area contributed by atoms with Gasteiger partial charge in [-0.3, -0.25) is 29.0 Å². The number of nitrogens with one attached hydrogen (secondary N) is 1. The smallest absolute Gasteiger partial charge is 0.416 e. The van der Waals surface area contributed by atoms with Crippen LogP contribution in [-0.4, -0.2) is 73.6 Å². The van der Waals surface area contributed by atoms with Crippen LogP contribution >= 0.6 is 0 Å². The van der Waals surface area contributed by atoms with Crippen molar-refractivity contribution in [3.63, 3.8) is 0 Å². The zero-order valence-corrected chi connectivity index (χ0v) is 42.4. The van der Waals surface area contributed by atoms with Gasteiger partial charge in [0.25, 0.3) is 5.91 Å². The lowest BCUT2D eigenvalue weighted by atomic mass is 10.1. The van der Waals surface area contributed by atoms with Crippen LogP contribution in [0.2, 0.25) is 0 Å². The lowest BCUT2D eigenvalue weighted by molar-refractivity contribution is -0.138. The molecule has 404 valence electrons. The van der Waals surface area contributed by atoms with E-state index in [1.54, 1.807) is 80.9 Å². The first-order valence-corrected chi connectivity index (χ1v) is 22.9. The number of rotatable bonds is 7. The number of aromatic nitrogens is 4. The Balaban J connectivity index is 0.000000211. The van der Waals surface area contributed by atoms with Crippen LogP contribution in [0, 0.1) is 11.6 Å². The maximum atomic E-state index is 14.0. The molecule has 0 fully saturated rings. The number of anilines is 4. The number of nitrogens with two attached hydrogens (primary N) is 1. The summed E-state index contributed by atoms with van der Waals surface area (Å²) >= 11 is 0. The standard InChI is InChI=1S/C27H24F4N4O3.C19H21FN4O2.C8H5F3O2/c1-26(2,3)38-25(37)34(4)19-9-6-10-20(15-19)35-22-12-11-18(28)14-21(22)32-24(35)33-23(36)16-7-5-8-17(13-16)27(29,30)31;1-19(2,3)26-18(25)23(4)13-6-5-7-14(11-13)24-16-9-8-12(20)10-15(16)22-17(24)21;9-8(10,11)6-3-1-2-5(4-6)7(12)13/h5-15H,1-4H3,(H,32,33,36);5-11H,1-4H3,(H2,21,22);1-4H,(H,12,13). The number of carbonyl (C=O) groups excluding carboxylic acids is 3. The van der Waals surface area contributed by atoms with E-state index in [2.05, 4.69) is 15.3 Å². The molecular weight excluding hydrogens is 1020 g/mol. The summed E-state index contributed by atoms with van der Waals surface area (Å²) in [5.74, 6) is -2.95. The first-order chi connectivity index (χ1) is 35.8. The number of nitrogens with zero attached hydrogens (tertiary/aromatic N) is 6. The van der Waals surface area contributed by atoms with Crippen LogP contribution in [0.4, 0.5) is 68.0 Å². The summed E-state index contributed by atoms with van der Waals surface area (Å²) in [5.41, 5.74) is 6.23. The molecule has 6 aromatic carbocycles. The summed E-state index contributed by atoms with van der Waals surface area (Å²) in [7, 11) is 3.17. The van der Waals surface area contributed by atoms with E-state index in [1.807, 2.05) is 26.8 Å². The zero-order chi connectivity index (χ0) is 56.9. The third-order valence-electron chi connectivity index (χ3n) is 10.7. The van der Waals surface area contributed by atoms with Gasteiger partial charge < -0.3 is 20.3 Å². The Kier molecular flexibility index (Phi) is 16.7. The Labute approximate surface area is 435 Å². The summed E-state index contributed by atoms with van der Waals surface area (Å²) in [6.07, 6.45) is -10.2. The van der Waals surface area contributed by atoms with Crippen LogP contribution in [0.5, 0.6) is 0 Å². The fourth-order valence-electron chi connectivity index (χ4n) is 7.13. The van der Waals surface area contributed by atoms with Crippen LogP contribution in [0.1, 0.15) is 73.4 Å². The highest BCUT2D eigenvalue weighted by atomic mass is 19.4. The first-order valence-electron chi connectivity index (χ1n) is 22.9. The van der Waals surface area contributed by atoms with Gasteiger partial charge in [-0.1, -0.05) is 24.3 Å². The fourth-order valence-corrected chi connectivity index (χ4v) is 7.13. The largest absolute Gasteiger partial charge is 0.478 e. The van der Waals surface area contributed by atoms with Gasteiger partial charge in [0.05, 0.1) is 50.1 Å². The van der Waals surface area contributed by atoms with Crippen molar-refractivity contribution < 1.29 is 68.9 Å². The predicted octanol–water partition coefficient (Wildman–Crippen LogP) is 13.3. The van der Waals surface area contributed by atoms with Gasteiger partial charge in [0, 0.05) is 43.2 Å². The molecule has 0 unspecified atom stereocenters. The van der Waals surface area contributed by atoms with E-state index >= 15 is 0 Å². The van der Waals surface area contributed by atoms with Crippen LogP contribution < -0.4 is 20.9 Å². The minimum absolute atomic E-state index is 0.0508. The number of aromatic carboxylic acids is 1. The second kappa shape index (κ2) is 22.4. The summed E-state index contributed by atoms with van der Waals surface area (Å²) < 4.78 is 117.